The molecule has 2 rings (SSSR count). The molecule has 7 nitrogen and oxygen atoms in total. The fourth-order valence-corrected chi connectivity index (χ4v) is 5.24. The maximum Gasteiger partial charge on any atom is 0.243 e. The largest absolute Gasteiger partial charge is 0.497 e. The number of carbonyl (C=O) groups is 1. The fourth-order valence-electron chi connectivity index (χ4n) is 2.91. The Bertz CT molecular complexity index is 958. The highest BCUT2D eigenvalue weighted by Crippen LogP contribution is 2.30. The predicted octanol–water partition coefficient (Wildman–Crippen LogP) is 4.25. The van der Waals surface area contributed by atoms with Crippen molar-refractivity contribution in [3.8, 4) is 11.5 Å². The summed E-state index contributed by atoms with van der Waals surface area (Å²) >= 11 is 1.56. The number of benzene rings is 2. The van der Waals surface area contributed by atoms with E-state index in [1.54, 1.807) is 38.8 Å². The predicted molar refractivity (Wildman–Crippen MR) is 125 cm³/mol. The van der Waals surface area contributed by atoms with Crippen molar-refractivity contribution in [2.75, 3.05) is 37.9 Å². The molecule has 0 aliphatic carbocycles. The van der Waals surface area contributed by atoms with Gasteiger partial charge in [-0.05, 0) is 49.4 Å². The van der Waals surface area contributed by atoms with Gasteiger partial charge in [-0.25, -0.2) is 8.42 Å². The van der Waals surface area contributed by atoms with Crippen molar-refractivity contribution < 1.29 is 22.7 Å². The number of thioether (sulfide) groups is 1. The van der Waals surface area contributed by atoms with E-state index in [2.05, 4.69) is 5.32 Å². The number of nitrogens with one attached hydrogen (secondary N) is 1. The highest BCUT2D eigenvalue weighted by molar-refractivity contribution is 7.99. The molecule has 31 heavy (non-hydrogen) atoms. The topological polar surface area (TPSA) is 84.9 Å². The molecule has 0 spiro atoms. The van der Waals surface area contributed by atoms with Crippen molar-refractivity contribution in [1.29, 1.82) is 0 Å². The van der Waals surface area contributed by atoms with Gasteiger partial charge in [0.25, 0.3) is 0 Å². The lowest BCUT2D eigenvalue weighted by atomic mass is 10.3. The lowest BCUT2D eigenvalue weighted by Gasteiger charge is -2.20. The zero-order valence-corrected chi connectivity index (χ0v) is 20.0. The lowest BCUT2D eigenvalue weighted by Crippen LogP contribution is -2.30. The molecule has 0 fully saturated rings. The van der Waals surface area contributed by atoms with Crippen molar-refractivity contribution in [3.05, 3.63) is 42.5 Å². The average molecular weight is 467 g/mol. The summed E-state index contributed by atoms with van der Waals surface area (Å²) in [5.41, 5.74) is 0.356. The third-order valence-corrected chi connectivity index (χ3v) is 7.59. The van der Waals surface area contributed by atoms with Crippen molar-refractivity contribution in [1.82, 2.24) is 4.31 Å². The van der Waals surface area contributed by atoms with E-state index in [-0.39, 0.29) is 17.2 Å². The minimum absolute atomic E-state index is 0.127. The van der Waals surface area contributed by atoms with Crippen LogP contribution in [-0.2, 0) is 14.8 Å². The molecule has 0 saturated carbocycles. The third kappa shape index (κ3) is 6.88. The Morgan fingerprint density at radius 3 is 2.32 bits per heavy atom. The highest BCUT2D eigenvalue weighted by Gasteiger charge is 2.23. The van der Waals surface area contributed by atoms with Gasteiger partial charge in [-0.3, -0.25) is 4.79 Å². The first kappa shape index (κ1) is 25.0. The standard InChI is InChI=1S/C22H30N2O5S2/c1-5-24(6-2)31(26,27)19-12-13-21(29-7-3)20(16-19)23-22(25)14-15-30-18-10-8-17(28-4)9-11-18/h8-13,16H,5-7,14-15H2,1-4H3,(H,23,25). The summed E-state index contributed by atoms with van der Waals surface area (Å²) in [4.78, 5) is 13.7. The minimum Gasteiger partial charge on any atom is -0.497 e. The van der Waals surface area contributed by atoms with Gasteiger partial charge in [-0.15, -0.1) is 11.8 Å². The van der Waals surface area contributed by atoms with E-state index in [0.717, 1.165) is 10.6 Å². The van der Waals surface area contributed by atoms with E-state index in [1.165, 1.54) is 16.4 Å². The normalized spacial score (nSPS) is 11.4. The van der Waals surface area contributed by atoms with Crippen LogP contribution in [0.5, 0.6) is 11.5 Å². The van der Waals surface area contributed by atoms with Gasteiger partial charge in [0.1, 0.15) is 11.5 Å². The number of carbonyl (C=O) groups excluding carboxylic acids is 1. The Hall–Kier alpha value is -2.23. The van der Waals surface area contributed by atoms with E-state index in [4.69, 9.17) is 9.47 Å². The van der Waals surface area contributed by atoms with Crippen LogP contribution in [0.15, 0.2) is 52.3 Å². The number of nitrogens with zero attached hydrogens (tertiary/aromatic N) is 1. The number of amides is 1. The number of methoxy groups -OCH3 is 1. The van der Waals surface area contributed by atoms with Crippen LogP contribution in [0.3, 0.4) is 0 Å². The molecular formula is C22H30N2O5S2. The van der Waals surface area contributed by atoms with Crippen molar-refractivity contribution in [3.63, 3.8) is 0 Å². The summed E-state index contributed by atoms with van der Waals surface area (Å²) in [6.07, 6.45) is 0.273. The molecule has 1 amide bonds. The second-order valence-corrected chi connectivity index (χ2v) is 9.61. The first-order valence-electron chi connectivity index (χ1n) is 10.2. The highest BCUT2D eigenvalue weighted by atomic mass is 32.2. The van der Waals surface area contributed by atoms with Crippen LogP contribution in [0, 0.1) is 0 Å². The Morgan fingerprint density at radius 2 is 1.74 bits per heavy atom. The van der Waals surface area contributed by atoms with E-state index < -0.39 is 10.0 Å². The van der Waals surface area contributed by atoms with E-state index in [0.29, 0.717) is 36.9 Å². The molecule has 0 aliphatic heterocycles. The maximum absolute atomic E-state index is 12.8. The second-order valence-electron chi connectivity index (χ2n) is 6.50. The van der Waals surface area contributed by atoms with E-state index >= 15 is 0 Å². The van der Waals surface area contributed by atoms with Crippen LogP contribution >= 0.6 is 11.8 Å². The number of anilines is 1. The summed E-state index contributed by atoms with van der Waals surface area (Å²) in [6, 6.07) is 12.2. The van der Waals surface area contributed by atoms with Crippen LogP contribution in [0.4, 0.5) is 5.69 Å². The van der Waals surface area contributed by atoms with Gasteiger partial charge in [-0.1, -0.05) is 13.8 Å². The summed E-state index contributed by atoms with van der Waals surface area (Å²) in [6.45, 7) is 6.56. The number of hydrogen-bond acceptors (Lipinski definition) is 6. The van der Waals surface area contributed by atoms with Crippen LogP contribution in [0.2, 0.25) is 0 Å². The Labute approximate surface area is 189 Å². The fraction of sp³-hybridized carbons (Fsp3) is 0.409. The molecular weight excluding hydrogens is 436 g/mol. The molecule has 2 aromatic rings. The molecule has 1 N–H and O–H groups in total. The molecule has 0 unspecified atom stereocenters. The number of rotatable bonds is 12. The molecule has 0 heterocycles. The number of hydrogen-bond donors (Lipinski definition) is 1. The summed E-state index contributed by atoms with van der Waals surface area (Å²) in [7, 11) is -2.02. The maximum atomic E-state index is 12.8. The lowest BCUT2D eigenvalue weighted by molar-refractivity contribution is -0.115. The van der Waals surface area contributed by atoms with Crippen molar-refractivity contribution in [2.45, 2.75) is 37.0 Å². The molecule has 0 radical (unpaired) electrons. The molecule has 170 valence electrons. The van der Waals surface area contributed by atoms with Crippen molar-refractivity contribution in [2.24, 2.45) is 0 Å². The Balaban J connectivity index is 2.09. The zero-order valence-electron chi connectivity index (χ0n) is 18.4. The smallest absolute Gasteiger partial charge is 0.243 e. The molecule has 0 atom stereocenters. The first-order chi connectivity index (χ1) is 14.8. The van der Waals surface area contributed by atoms with E-state index in [9.17, 15) is 13.2 Å². The van der Waals surface area contributed by atoms with Crippen LogP contribution in [-0.4, -0.2) is 51.2 Å². The quantitative estimate of drug-likeness (QED) is 0.471. The summed E-state index contributed by atoms with van der Waals surface area (Å²) in [5, 5.41) is 2.81. The minimum atomic E-state index is -3.64. The first-order valence-corrected chi connectivity index (χ1v) is 12.6. The number of sulfonamides is 1. The average Bonchev–Trinajstić information content (AvgIpc) is 2.76. The van der Waals surface area contributed by atoms with Gasteiger partial charge in [-0.2, -0.15) is 4.31 Å². The molecule has 0 saturated heterocycles. The summed E-state index contributed by atoms with van der Waals surface area (Å²) < 4.78 is 37.8. The molecule has 9 heteroatoms. The Morgan fingerprint density at radius 1 is 1.06 bits per heavy atom. The van der Waals surface area contributed by atoms with Crippen LogP contribution in [0.25, 0.3) is 0 Å². The van der Waals surface area contributed by atoms with Gasteiger partial charge in [0.2, 0.25) is 15.9 Å². The summed E-state index contributed by atoms with van der Waals surface area (Å²) in [5.74, 6) is 1.60. The van der Waals surface area contributed by atoms with E-state index in [1.807, 2.05) is 31.2 Å². The van der Waals surface area contributed by atoms with Crippen LogP contribution < -0.4 is 14.8 Å². The SMILES string of the molecule is CCOc1ccc(S(=O)(=O)N(CC)CC)cc1NC(=O)CCSc1ccc(OC)cc1. The van der Waals surface area contributed by atoms with Gasteiger partial charge in [0.15, 0.2) is 0 Å². The number of ether oxygens (including phenoxy) is 2. The van der Waals surface area contributed by atoms with Crippen molar-refractivity contribution >= 4 is 33.4 Å². The molecule has 0 aromatic heterocycles. The van der Waals surface area contributed by atoms with Crippen LogP contribution in [0.1, 0.15) is 27.2 Å². The molecule has 0 aliphatic rings. The van der Waals surface area contributed by atoms with Gasteiger partial charge in [0.05, 0.1) is 24.3 Å². The zero-order chi connectivity index (χ0) is 22.9. The molecule has 0 bridgehead atoms. The monoisotopic (exact) mass is 466 g/mol. The molecule has 2 aromatic carbocycles. The Kier molecular flexibility index (Phi) is 9.67. The second kappa shape index (κ2) is 12.0. The van der Waals surface area contributed by atoms with Gasteiger partial charge >= 0.3 is 0 Å². The van der Waals surface area contributed by atoms with Gasteiger partial charge in [0, 0.05) is 30.2 Å². The third-order valence-electron chi connectivity index (χ3n) is 4.53. The van der Waals surface area contributed by atoms with Gasteiger partial charge < -0.3 is 14.8 Å².